The number of aromatic amines is 1. The van der Waals surface area contributed by atoms with Crippen LogP contribution in [-0.2, 0) is 0 Å². The minimum absolute atomic E-state index is 0.221. The van der Waals surface area contributed by atoms with Crippen LogP contribution in [0.2, 0.25) is 0 Å². The molecule has 2 aromatic heterocycles. The second-order valence-corrected chi connectivity index (χ2v) is 4.27. The topological polar surface area (TPSA) is 87.9 Å². The SMILES string of the molecule is O=c1[nH]cnc(N2CCCCC2)c1-c1conn1. The van der Waals surface area contributed by atoms with Crippen molar-refractivity contribution in [3.63, 3.8) is 0 Å². The van der Waals surface area contributed by atoms with Crippen LogP contribution in [0, 0.1) is 0 Å². The molecule has 0 saturated carbocycles. The molecule has 0 bridgehead atoms. The predicted molar refractivity (Wildman–Crippen MR) is 64.2 cm³/mol. The van der Waals surface area contributed by atoms with Crippen molar-refractivity contribution < 1.29 is 4.52 Å². The Balaban J connectivity index is 2.09. The highest BCUT2D eigenvalue weighted by molar-refractivity contribution is 5.71. The Kier molecular flexibility index (Phi) is 2.79. The maximum Gasteiger partial charge on any atom is 0.262 e. The lowest BCUT2D eigenvalue weighted by atomic mass is 10.1. The summed E-state index contributed by atoms with van der Waals surface area (Å²) in [6.45, 7) is 1.82. The van der Waals surface area contributed by atoms with E-state index in [1.165, 1.54) is 19.0 Å². The number of H-pyrrole nitrogens is 1. The number of hydrogen-bond acceptors (Lipinski definition) is 6. The van der Waals surface area contributed by atoms with Crippen molar-refractivity contribution >= 4 is 5.82 Å². The third-order valence-corrected chi connectivity index (χ3v) is 3.10. The number of hydrogen-bond donors (Lipinski definition) is 1. The Morgan fingerprint density at radius 1 is 1.28 bits per heavy atom. The van der Waals surface area contributed by atoms with E-state index in [-0.39, 0.29) is 5.56 Å². The van der Waals surface area contributed by atoms with Crippen LogP contribution in [0.25, 0.3) is 11.3 Å². The molecule has 1 aliphatic heterocycles. The fourth-order valence-corrected chi connectivity index (χ4v) is 2.24. The number of aromatic nitrogens is 4. The van der Waals surface area contributed by atoms with Gasteiger partial charge in [0.05, 0.1) is 6.33 Å². The molecular formula is C11H13N5O2. The average molecular weight is 247 g/mol. The summed E-state index contributed by atoms with van der Waals surface area (Å²) in [7, 11) is 0. The van der Waals surface area contributed by atoms with E-state index in [2.05, 4.69) is 25.2 Å². The molecule has 7 nitrogen and oxygen atoms in total. The van der Waals surface area contributed by atoms with Gasteiger partial charge in [-0.25, -0.2) is 4.98 Å². The number of rotatable bonds is 2. The largest absolute Gasteiger partial charge is 0.356 e. The van der Waals surface area contributed by atoms with E-state index in [1.807, 2.05) is 0 Å². The van der Waals surface area contributed by atoms with E-state index in [0.717, 1.165) is 25.9 Å². The smallest absolute Gasteiger partial charge is 0.262 e. The molecule has 1 saturated heterocycles. The van der Waals surface area contributed by atoms with E-state index in [4.69, 9.17) is 4.52 Å². The molecular weight excluding hydrogens is 234 g/mol. The van der Waals surface area contributed by atoms with Crippen molar-refractivity contribution in [2.75, 3.05) is 18.0 Å². The Hall–Kier alpha value is -2.18. The molecule has 1 fully saturated rings. The van der Waals surface area contributed by atoms with E-state index >= 15 is 0 Å². The standard InChI is InChI=1S/C11H13N5O2/c17-11-9(8-6-18-15-14-8)10(12-7-13-11)16-4-2-1-3-5-16/h6-7H,1-5H2,(H,12,13,17). The molecule has 2 aromatic rings. The normalized spacial score (nSPS) is 15.9. The average Bonchev–Trinajstić information content (AvgIpc) is 2.93. The summed E-state index contributed by atoms with van der Waals surface area (Å²) in [5.74, 6) is 0.661. The van der Waals surface area contributed by atoms with Gasteiger partial charge in [-0.05, 0) is 19.3 Å². The molecule has 18 heavy (non-hydrogen) atoms. The number of nitrogens with zero attached hydrogens (tertiary/aromatic N) is 4. The fraction of sp³-hybridized carbons (Fsp3) is 0.455. The van der Waals surface area contributed by atoms with E-state index < -0.39 is 0 Å². The van der Waals surface area contributed by atoms with E-state index in [9.17, 15) is 4.79 Å². The molecule has 0 unspecified atom stereocenters. The van der Waals surface area contributed by atoms with Gasteiger partial charge in [0.1, 0.15) is 17.1 Å². The lowest BCUT2D eigenvalue weighted by molar-refractivity contribution is 0.393. The Morgan fingerprint density at radius 2 is 2.11 bits per heavy atom. The zero-order valence-corrected chi connectivity index (χ0v) is 9.80. The summed E-state index contributed by atoms with van der Waals surface area (Å²) in [5.41, 5.74) is 0.631. The van der Waals surface area contributed by atoms with Gasteiger partial charge in [0.25, 0.3) is 5.56 Å². The molecule has 0 aromatic carbocycles. The van der Waals surface area contributed by atoms with E-state index in [1.54, 1.807) is 0 Å². The summed E-state index contributed by atoms with van der Waals surface area (Å²) < 4.78 is 4.71. The first-order chi connectivity index (χ1) is 8.86. The van der Waals surface area contributed by atoms with Crippen molar-refractivity contribution in [2.45, 2.75) is 19.3 Å². The van der Waals surface area contributed by atoms with Crippen LogP contribution in [0.1, 0.15) is 19.3 Å². The summed E-state index contributed by atoms with van der Waals surface area (Å²) >= 11 is 0. The molecule has 3 heterocycles. The van der Waals surface area contributed by atoms with Gasteiger partial charge in [0.2, 0.25) is 0 Å². The maximum atomic E-state index is 11.9. The summed E-state index contributed by atoms with van der Waals surface area (Å²) in [6, 6.07) is 0. The molecule has 0 spiro atoms. The Morgan fingerprint density at radius 3 is 2.83 bits per heavy atom. The number of anilines is 1. The highest BCUT2D eigenvalue weighted by Crippen LogP contribution is 2.25. The molecule has 1 aliphatic rings. The van der Waals surface area contributed by atoms with Crippen LogP contribution in [0.15, 0.2) is 21.9 Å². The zero-order chi connectivity index (χ0) is 12.4. The van der Waals surface area contributed by atoms with Crippen molar-refractivity contribution in [3.8, 4) is 11.3 Å². The second kappa shape index (κ2) is 4.59. The van der Waals surface area contributed by atoms with Gasteiger partial charge >= 0.3 is 0 Å². The minimum atomic E-state index is -0.221. The lowest BCUT2D eigenvalue weighted by Crippen LogP contribution is -2.32. The van der Waals surface area contributed by atoms with Gasteiger partial charge in [-0.15, -0.1) is 5.10 Å². The third kappa shape index (κ3) is 1.87. The van der Waals surface area contributed by atoms with Crippen molar-refractivity contribution in [1.82, 2.24) is 20.3 Å². The number of piperidine rings is 1. The predicted octanol–water partition coefficient (Wildman–Crippen LogP) is 0.810. The first kappa shape index (κ1) is 10.9. The zero-order valence-electron chi connectivity index (χ0n) is 9.80. The lowest BCUT2D eigenvalue weighted by Gasteiger charge is -2.28. The van der Waals surface area contributed by atoms with Crippen LogP contribution >= 0.6 is 0 Å². The van der Waals surface area contributed by atoms with Crippen LogP contribution in [-0.4, -0.2) is 33.4 Å². The Bertz CT molecular complexity index is 571. The van der Waals surface area contributed by atoms with Gasteiger partial charge in [-0.1, -0.05) is 0 Å². The molecule has 0 radical (unpaired) electrons. The van der Waals surface area contributed by atoms with Gasteiger partial charge in [-0.2, -0.15) is 0 Å². The number of nitrogens with one attached hydrogen (secondary N) is 1. The van der Waals surface area contributed by atoms with Crippen molar-refractivity contribution in [3.05, 3.63) is 22.9 Å². The minimum Gasteiger partial charge on any atom is -0.356 e. The molecule has 94 valence electrons. The van der Waals surface area contributed by atoms with E-state index in [0.29, 0.717) is 17.1 Å². The first-order valence-electron chi connectivity index (χ1n) is 5.96. The van der Waals surface area contributed by atoms with Crippen LogP contribution in [0.4, 0.5) is 5.82 Å². The fourth-order valence-electron chi connectivity index (χ4n) is 2.24. The van der Waals surface area contributed by atoms with Crippen molar-refractivity contribution in [2.24, 2.45) is 0 Å². The Labute approximate surface area is 103 Å². The van der Waals surface area contributed by atoms with Crippen LogP contribution < -0.4 is 10.5 Å². The van der Waals surface area contributed by atoms with Gasteiger partial charge in [-0.3, -0.25) is 4.79 Å². The monoisotopic (exact) mass is 247 g/mol. The first-order valence-corrected chi connectivity index (χ1v) is 5.96. The second-order valence-electron chi connectivity index (χ2n) is 4.27. The molecule has 3 rings (SSSR count). The summed E-state index contributed by atoms with van der Waals surface area (Å²) in [6.07, 6.45) is 6.24. The highest BCUT2D eigenvalue weighted by Gasteiger charge is 2.21. The van der Waals surface area contributed by atoms with Gasteiger partial charge < -0.3 is 14.4 Å². The van der Waals surface area contributed by atoms with Crippen LogP contribution in [0.3, 0.4) is 0 Å². The molecule has 0 aliphatic carbocycles. The third-order valence-electron chi connectivity index (χ3n) is 3.10. The molecule has 0 amide bonds. The van der Waals surface area contributed by atoms with Crippen LogP contribution in [0.5, 0.6) is 0 Å². The summed E-state index contributed by atoms with van der Waals surface area (Å²) in [4.78, 5) is 20.9. The molecule has 1 N–H and O–H groups in total. The maximum absolute atomic E-state index is 11.9. The molecule has 7 heteroatoms. The van der Waals surface area contributed by atoms with Gasteiger partial charge in [0.15, 0.2) is 6.26 Å². The quantitative estimate of drug-likeness (QED) is 0.844. The van der Waals surface area contributed by atoms with Gasteiger partial charge in [0, 0.05) is 18.4 Å². The molecule has 0 atom stereocenters. The van der Waals surface area contributed by atoms with Crippen molar-refractivity contribution in [1.29, 1.82) is 0 Å². The summed E-state index contributed by atoms with van der Waals surface area (Å²) in [5, 5.41) is 7.20. The highest BCUT2D eigenvalue weighted by atomic mass is 16.5.